The van der Waals surface area contributed by atoms with Crippen LogP contribution in [0.5, 0.6) is 0 Å². The summed E-state index contributed by atoms with van der Waals surface area (Å²) in [5.41, 5.74) is 3.02. The summed E-state index contributed by atoms with van der Waals surface area (Å²) in [5.74, 6) is 0.529. The number of piperazine rings is 1. The average Bonchev–Trinajstić information content (AvgIpc) is 3.51. The molecule has 0 spiro atoms. The predicted molar refractivity (Wildman–Crippen MR) is 132 cm³/mol. The molecule has 10 heteroatoms. The molecule has 0 atom stereocenters. The van der Waals surface area contributed by atoms with E-state index in [1.165, 1.54) is 12.1 Å². The maximum absolute atomic E-state index is 13.0. The summed E-state index contributed by atoms with van der Waals surface area (Å²) in [6.45, 7) is 5.68. The first-order chi connectivity index (χ1) is 17.7. The van der Waals surface area contributed by atoms with E-state index >= 15 is 0 Å². The SMILES string of the molecule is Cc1cc(-c2nc(-c3ccc(C(F)(F)F)cc3)no2)cn1Cc1cccc(C(=O)N2CCN(C)CC2)c1. The lowest BCUT2D eigenvalue weighted by atomic mass is 10.1. The summed E-state index contributed by atoms with van der Waals surface area (Å²) < 4.78 is 45.9. The highest BCUT2D eigenvalue weighted by molar-refractivity contribution is 5.94. The van der Waals surface area contributed by atoms with Gasteiger partial charge in [-0.15, -0.1) is 0 Å². The number of rotatable bonds is 5. The Balaban J connectivity index is 1.30. The van der Waals surface area contributed by atoms with Gasteiger partial charge in [-0.05, 0) is 49.9 Å². The van der Waals surface area contributed by atoms with Crippen LogP contribution in [0.25, 0.3) is 22.8 Å². The molecule has 1 aliphatic rings. The third-order valence-corrected chi connectivity index (χ3v) is 6.57. The Morgan fingerprint density at radius 1 is 1.00 bits per heavy atom. The first-order valence-electron chi connectivity index (χ1n) is 11.9. The van der Waals surface area contributed by atoms with Crippen LogP contribution in [0.3, 0.4) is 0 Å². The summed E-state index contributed by atoms with van der Waals surface area (Å²) in [7, 11) is 2.06. The fourth-order valence-electron chi connectivity index (χ4n) is 4.36. The zero-order chi connectivity index (χ0) is 26.2. The number of halogens is 3. The molecule has 1 fully saturated rings. The van der Waals surface area contributed by atoms with Crippen LogP contribution in [0, 0.1) is 6.92 Å². The maximum Gasteiger partial charge on any atom is 0.416 e. The van der Waals surface area contributed by atoms with Gasteiger partial charge >= 0.3 is 6.18 Å². The first kappa shape index (κ1) is 24.8. The summed E-state index contributed by atoms with van der Waals surface area (Å²) in [6, 6.07) is 14.2. The number of hydrogen-bond donors (Lipinski definition) is 0. The van der Waals surface area contributed by atoms with Crippen molar-refractivity contribution in [3.8, 4) is 22.8 Å². The lowest BCUT2D eigenvalue weighted by molar-refractivity contribution is -0.137. The maximum atomic E-state index is 13.0. The molecule has 0 radical (unpaired) electrons. The van der Waals surface area contributed by atoms with E-state index in [1.807, 2.05) is 52.9 Å². The monoisotopic (exact) mass is 509 g/mol. The number of aromatic nitrogens is 3. The third-order valence-electron chi connectivity index (χ3n) is 6.57. The molecule has 2 aromatic carbocycles. The van der Waals surface area contributed by atoms with Crippen LogP contribution in [0.15, 0.2) is 65.3 Å². The number of alkyl halides is 3. The van der Waals surface area contributed by atoms with Gasteiger partial charge in [0.05, 0.1) is 11.1 Å². The van der Waals surface area contributed by atoms with Gasteiger partial charge in [0.2, 0.25) is 5.82 Å². The van der Waals surface area contributed by atoms with E-state index in [1.54, 1.807) is 0 Å². The molecule has 0 saturated carbocycles. The number of amides is 1. The first-order valence-corrected chi connectivity index (χ1v) is 11.9. The predicted octanol–water partition coefficient (Wildman–Crippen LogP) is 4.97. The fourth-order valence-corrected chi connectivity index (χ4v) is 4.36. The van der Waals surface area contributed by atoms with Crippen LogP contribution in [-0.4, -0.2) is 63.6 Å². The van der Waals surface area contributed by atoms with Gasteiger partial charge in [-0.3, -0.25) is 4.79 Å². The Kier molecular flexibility index (Phi) is 6.59. The van der Waals surface area contributed by atoms with Gasteiger partial charge in [-0.1, -0.05) is 29.4 Å². The molecular formula is C27H26F3N5O2. The minimum Gasteiger partial charge on any atom is -0.347 e. The average molecular weight is 510 g/mol. The second kappa shape index (κ2) is 9.85. The summed E-state index contributed by atoms with van der Waals surface area (Å²) in [4.78, 5) is 21.4. The fraction of sp³-hybridized carbons (Fsp3) is 0.296. The summed E-state index contributed by atoms with van der Waals surface area (Å²) in [5, 5.41) is 3.94. The molecule has 192 valence electrons. The van der Waals surface area contributed by atoms with E-state index in [0.717, 1.165) is 49.6 Å². The zero-order valence-corrected chi connectivity index (χ0v) is 20.5. The molecule has 0 aliphatic carbocycles. The topological polar surface area (TPSA) is 67.4 Å². The number of hydrogen-bond acceptors (Lipinski definition) is 5. The van der Waals surface area contributed by atoms with Crippen molar-refractivity contribution in [3.05, 3.63) is 83.2 Å². The number of aryl methyl sites for hydroxylation is 1. The van der Waals surface area contributed by atoms with Crippen molar-refractivity contribution in [3.63, 3.8) is 0 Å². The van der Waals surface area contributed by atoms with Crippen molar-refractivity contribution in [2.24, 2.45) is 0 Å². The second-order valence-electron chi connectivity index (χ2n) is 9.29. The van der Waals surface area contributed by atoms with Crippen LogP contribution in [0.1, 0.15) is 27.2 Å². The Labute approximate surface area is 212 Å². The Morgan fingerprint density at radius 3 is 2.43 bits per heavy atom. The molecule has 0 bridgehead atoms. The third kappa shape index (κ3) is 5.43. The van der Waals surface area contributed by atoms with E-state index in [-0.39, 0.29) is 17.6 Å². The lowest BCUT2D eigenvalue weighted by Crippen LogP contribution is -2.47. The molecule has 4 aromatic rings. The minimum absolute atomic E-state index is 0.0431. The van der Waals surface area contributed by atoms with Crippen molar-refractivity contribution >= 4 is 5.91 Å². The highest BCUT2D eigenvalue weighted by Crippen LogP contribution is 2.31. The van der Waals surface area contributed by atoms with Crippen molar-refractivity contribution < 1.29 is 22.5 Å². The number of carbonyl (C=O) groups is 1. The number of benzene rings is 2. The van der Waals surface area contributed by atoms with E-state index < -0.39 is 11.7 Å². The van der Waals surface area contributed by atoms with Gasteiger partial charge in [0.1, 0.15) is 0 Å². The van der Waals surface area contributed by atoms with Gasteiger partial charge in [0.15, 0.2) is 0 Å². The van der Waals surface area contributed by atoms with Crippen molar-refractivity contribution in [2.75, 3.05) is 33.2 Å². The van der Waals surface area contributed by atoms with Crippen LogP contribution in [-0.2, 0) is 12.7 Å². The molecule has 7 nitrogen and oxygen atoms in total. The highest BCUT2D eigenvalue weighted by atomic mass is 19.4. The largest absolute Gasteiger partial charge is 0.416 e. The number of nitrogens with zero attached hydrogens (tertiary/aromatic N) is 5. The molecule has 1 amide bonds. The number of carbonyl (C=O) groups excluding carboxylic acids is 1. The van der Waals surface area contributed by atoms with E-state index in [9.17, 15) is 18.0 Å². The second-order valence-corrected chi connectivity index (χ2v) is 9.29. The molecule has 5 rings (SSSR count). The lowest BCUT2D eigenvalue weighted by Gasteiger charge is -2.32. The highest BCUT2D eigenvalue weighted by Gasteiger charge is 2.30. The summed E-state index contributed by atoms with van der Waals surface area (Å²) >= 11 is 0. The minimum atomic E-state index is -4.40. The van der Waals surface area contributed by atoms with Crippen molar-refractivity contribution in [1.29, 1.82) is 0 Å². The Bertz CT molecular complexity index is 1400. The standard InChI is InChI=1S/C27H26F3N5O2/c1-18-14-22(25-31-24(32-37-25)20-6-8-23(9-7-20)27(28,29)30)17-35(18)16-19-4-3-5-21(15-19)26(36)34-12-10-33(2)11-13-34/h3-9,14-15,17H,10-13,16H2,1-2H3. The molecule has 1 saturated heterocycles. The smallest absolute Gasteiger partial charge is 0.347 e. The van der Waals surface area contributed by atoms with Gasteiger partial charge in [-0.2, -0.15) is 18.2 Å². The Hall–Kier alpha value is -3.92. The van der Waals surface area contributed by atoms with Crippen LogP contribution >= 0.6 is 0 Å². The molecule has 3 heterocycles. The normalized spacial score (nSPS) is 14.8. The summed E-state index contributed by atoms with van der Waals surface area (Å²) in [6.07, 6.45) is -2.52. The van der Waals surface area contributed by atoms with Gasteiger partial charge in [-0.25, -0.2) is 0 Å². The molecule has 0 unspecified atom stereocenters. The molecular weight excluding hydrogens is 483 g/mol. The van der Waals surface area contributed by atoms with E-state index in [2.05, 4.69) is 22.1 Å². The van der Waals surface area contributed by atoms with Crippen LogP contribution in [0.2, 0.25) is 0 Å². The van der Waals surface area contributed by atoms with Crippen molar-refractivity contribution in [2.45, 2.75) is 19.6 Å². The molecule has 2 aromatic heterocycles. The zero-order valence-electron chi connectivity index (χ0n) is 20.5. The Morgan fingerprint density at radius 2 is 1.73 bits per heavy atom. The van der Waals surface area contributed by atoms with Crippen molar-refractivity contribution in [1.82, 2.24) is 24.5 Å². The van der Waals surface area contributed by atoms with Crippen LogP contribution in [0.4, 0.5) is 13.2 Å². The molecule has 0 N–H and O–H groups in total. The van der Waals surface area contributed by atoms with E-state index in [0.29, 0.717) is 23.2 Å². The van der Waals surface area contributed by atoms with Gasteiger partial charge in [0.25, 0.3) is 11.8 Å². The van der Waals surface area contributed by atoms with Crippen LogP contribution < -0.4 is 0 Å². The molecule has 1 aliphatic heterocycles. The van der Waals surface area contributed by atoms with Gasteiger partial charge in [0, 0.05) is 55.7 Å². The molecule has 37 heavy (non-hydrogen) atoms. The number of likely N-dealkylation sites (N-methyl/N-ethyl adjacent to an activating group) is 1. The quantitative estimate of drug-likeness (QED) is 0.380. The van der Waals surface area contributed by atoms with Gasteiger partial charge < -0.3 is 18.9 Å². The van der Waals surface area contributed by atoms with E-state index in [4.69, 9.17) is 4.52 Å².